The number of fused-ring (bicyclic) bond motifs is 1. The van der Waals surface area contributed by atoms with Gasteiger partial charge in [-0.1, -0.05) is 19.8 Å². The van der Waals surface area contributed by atoms with Crippen LogP contribution in [0.25, 0.3) is 5.65 Å². The molecule has 0 amide bonds. The van der Waals surface area contributed by atoms with Crippen LogP contribution in [0, 0.1) is 5.92 Å². The zero-order valence-electron chi connectivity index (χ0n) is 11.7. The first kappa shape index (κ1) is 14.2. The van der Waals surface area contributed by atoms with E-state index >= 15 is 0 Å². The highest BCUT2D eigenvalue weighted by Gasteiger charge is 2.36. The van der Waals surface area contributed by atoms with Crippen molar-refractivity contribution >= 4 is 11.5 Å². The van der Waals surface area contributed by atoms with E-state index < -0.39 is 11.7 Å². The molecule has 0 aliphatic heterocycles. The molecule has 4 nitrogen and oxygen atoms in total. The molecule has 0 spiro atoms. The highest BCUT2D eigenvalue weighted by Crippen LogP contribution is 2.38. The number of hydrogen-bond donors (Lipinski definition) is 1. The van der Waals surface area contributed by atoms with Crippen molar-refractivity contribution in [3.63, 3.8) is 0 Å². The normalized spacial score (nSPS) is 18.5. The van der Waals surface area contributed by atoms with E-state index in [0.29, 0.717) is 11.6 Å². The maximum atomic E-state index is 13.0. The fourth-order valence-corrected chi connectivity index (χ4v) is 3.14. The summed E-state index contributed by atoms with van der Waals surface area (Å²) < 4.78 is 40.0. The molecule has 0 radical (unpaired) electrons. The molecule has 1 fully saturated rings. The van der Waals surface area contributed by atoms with Gasteiger partial charge >= 0.3 is 6.18 Å². The predicted octanol–water partition coefficient (Wildman–Crippen LogP) is 3.62. The summed E-state index contributed by atoms with van der Waals surface area (Å²) in [5, 5.41) is 3.69. The molecular formula is C14H17F3N4. The van der Waals surface area contributed by atoms with Crippen LogP contribution in [-0.2, 0) is 6.18 Å². The van der Waals surface area contributed by atoms with Crippen molar-refractivity contribution < 1.29 is 13.2 Å². The molecule has 0 aromatic carbocycles. The Morgan fingerprint density at radius 2 is 2.00 bits per heavy atom. The molecule has 21 heavy (non-hydrogen) atoms. The van der Waals surface area contributed by atoms with Crippen LogP contribution in [0.3, 0.4) is 0 Å². The summed E-state index contributed by atoms with van der Waals surface area (Å²) >= 11 is 0. The maximum Gasteiger partial charge on any atom is 0.421 e. The Labute approximate surface area is 120 Å². The Morgan fingerprint density at radius 3 is 2.62 bits per heavy atom. The zero-order chi connectivity index (χ0) is 15.2. The number of hydrogen-bond acceptors (Lipinski definition) is 3. The third-order valence-corrected chi connectivity index (χ3v) is 4.40. The average molecular weight is 298 g/mol. The third-order valence-electron chi connectivity index (χ3n) is 4.40. The lowest BCUT2D eigenvalue weighted by Crippen LogP contribution is -2.12. The van der Waals surface area contributed by atoms with Crippen molar-refractivity contribution in [2.24, 2.45) is 5.92 Å². The van der Waals surface area contributed by atoms with Gasteiger partial charge in [0, 0.05) is 17.7 Å². The summed E-state index contributed by atoms with van der Waals surface area (Å²) in [5.41, 5.74) is 5.42. The summed E-state index contributed by atoms with van der Waals surface area (Å²) in [6.45, 7) is 2.01. The van der Waals surface area contributed by atoms with Crippen LogP contribution in [0.5, 0.6) is 0 Å². The minimum absolute atomic E-state index is 0.107. The average Bonchev–Trinajstić information content (AvgIpc) is 3.06. The van der Waals surface area contributed by atoms with E-state index in [4.69, 9.17) is 5.73 Å². The number of anilines is 1. The van der Waals surface area contributed by atoms with Crippen molar-refractivity contribution in [3.05, 3.63) is 23.5 Å². The fraction of sp³-hybridized carbons (Fsp3) is 0.571. The first-order chi connectivity index (χ1) is 9.88. The SMILES string of the molecule is CC(c1cc(N)n2ncc(C(F)(F)F)c2n1)C1CCCC1. The van der Waals surface area contributed by atoms with Gasteiger partial charge in [-0.15, -0.1) is 0 Å². The lowest BCUT2D eigenvalue weighted by molar-refractivity contribution is -0.136. The van der Waals surface area contributed by atoms with E-state index in [1.165, 1.54) is 12.8 Å². The van der Waals surface area contributed by atoms with Gasteiger partial charge in [0.05, 0.1) is 6.20 Å². The largest absolute Gasteiger partial charge is 0.421 e. The van der Waals surface area contributed by atoms with E-state index in [2.05, 4.69) is 10.1 Å². The van der Waals surface area contributed by atoms with Gasteiger partial charge in [0.2, 0.25) is 0 Å². The predicted molar refractivity (Wildman–Crippen MR) is 72.8 cm³/mol. The Kier molecular flexibility index (Phi) is 3.30. The van der Waals surface area contributed by atoms with E-state index in [9.17, 15) is 13.2 Å². The summed E-state index contributed by atoms with van der Waals surface area (Å²) in [4.78, 5) is 4.21. The van der Waals surface area contributed by atoms with Crippen LogP contribution in [0.2, 0.25) is 0 Å². The molecule has 0 saturated heterocycles. The number of nitrogens with two attached hydrogens (primary N) is 1. The summed E-state index contributed by atoms with van der Waals surface area (Å²) in [7, 11) is 0. The molecule has 1 atom stereocenters. The van der Waals surface area contributed by atoms with Crippen LogP contribution in [-0.4, -0.2) is 14.6 Å². The van der Waals surface area contributed by atoms with Crippen molar-refractivity contribution in [1.29, 1.82) is 0 Å². The van der Waals surface area contributed by atoms with Gasteiger partial charge in [-0.3, -0.25) is 0 Å². The number of rotatable bonds is 2. The molecule has 1 aliphatic carbocycles. The highest BCUT2D eigenvalue weighted by atomic mass is 19.4. The van der Waals surface area contributed by atoms with Crippen LogP contribution in [0.4, 0.5) is 19.0 Å². The minimum Gasteiger partial charge on any atom is -0.384 e. The van der Waals surface area contributed by atoms with E-state index in [-0.39, 0.29) is 17.4 Å². The molecule has 1 saturated carbocycles. The summed E-state index contributed by atoms with van der Waals surface area (Å²) in [5.74, 6) is 0.766. The smallest absolute Gasteiger partial charge is 0.384 e. The Hall–Kier alpha value is -1.79. The first-order valence-corrected chi connectivity index (χ1v) is 7.09. The van der Waals surface area contributed by atoms with Crippen LogP contribution < -0.4 is 5.73 Å². The van der Waals surface area contributed by atoms with Gasteiger partial charge in [0.25, 0.3) is 0 Å². The highest BCUT2D eigenvalue weighted by molar-refractivity contribution is 5.54. The van der Waals surface area contributed by atoms with Gasteiger partial charge in [-0.2, -0.15) is 22.8 Å². The molecule has 1 aliphatic rings. The number of halogens is 3. The quantitative estimate of drug-likeness (QED) is 0.921. The zero-order valence-corrected chi connectivity index (χ0v) is 11.7. The second kappa shape index (κ2) is 4.89. The molecule has 3 rings (SSSR count). The third kappa shape index (κ3) is 2.45. The van der Waals surface area contributed by atoms with E-state index in [1.54, 1.807) is 6.07 Å². The molecule has 1 unspecified atom stereocenters. The number of nitrogens with zero attached hydrogens (tertiary/aromatic N) is 3. The minimum atomic E-state index is -4.48. The molecule has 2 N–H and O–H groups in total. The van der Waals surface area contributed by atoms with Gasteiger partial charge in [-0.25, -0.2) is 4.98 Å². The molecule has 2 aromatic heterocycles. The second-order valence-corrected chi connectivity index (χ2v) is 5.73. The van der Waals surface area contributed by atoms with Gasteiger partial charge in [0.15, 0.2) is 5.65 Å². The molecule has 0 bridgehead atoms. The number of nitrogen functional groups attached to an aromatic ring is 1. The fourth-order valence-electron chi connectivity index (χ4n) is 3.14. The Balaban J connectivity index is 2.08. The van der Waals surface area contributed by atoms with E-state index in [1.807, 2.05) is 6.92 Å². The molecule has 7 heteroatoms. The molecular weight excluding hydrogens is 281 g/mol. The van der Waals surface area contributed by atoms with Gasteiger partial charge < -0.3 is 5.73 Å². The standard InChI is InChI=1S/C14H17F3N4/c1-8(9-4-2-3-5-9)11-6-12(18)21-13(20-11)10(7-19-21)14(15,16)17/h6-9H,2-5,18H2,1H3. The first-order valence-electron chi connectivity index (χ1n) is 7.09. The number of aromatic nitrogens is 3. The summed E-state index contributed by atoms with van der Waals surface area (Å²) in [6.07, 6.45) is 0.845. The summed E-state index contributed by atoms with van der Waals surface area (Å²) in [6, 6.07) is 1.64. The topological polar surface area (TPSA) is 56.2 Å². The van der Waals surface area contributed by atoms with Crippen molar-refractivity contribution in [1.82, 2.24) is 14.6 Å². The molecule has 2 aromatic rings. The van der Waals surface area contributed by atoms with Gasteiger partial charge in [0.1, 0.15) is 11.4 Å². The molecule has 114 valence electrons. The van der Waals surface area contributed by atoms with Crippen LogP contribution >= 0.6 is 0 Å². The van der Waals surface area contributed by atoms with Crippen molar-refractivity contribution in [2.45, 2.75) is 44.7 Å². The lowest BCUT2D eigenvalue weighted by atomic mass is 9.89. The Bertz CT molecular complexity index is 656. The van der Waals surface area contributed by atoms with Crippen molar-refractivity contribution in [2.75, 3.05) is 5.73 Å². The molecule has 2 heterocycles. The van der Waals surface area contributed by atoms with Gasteiger partial charge in [-0.05, 0) is 18.8 Å². The number of alkyl halides is 3. The van der Waals surface area contributed by atoms with Crippen LogP contribution in [0.15, 0.2) is 12.3 Å². The maximum absolute atomic E-state index is 13.0. The lowest BCUT2D eigenvalue weighted by Gasteiger charge is -2.19. The second-order valence-electron chi connectivity index (χ2n) is 5.73. The monoisotopic (exact) mass is 298 g/mol. The van der Waals surface area contributed by atoms with Crippen molar-refractivity contribution in [3.8, 4) is 0 Å². The van der Waals surface area contributed by atoms with Crippen LogP contribution in [0.1, 0.15) is 49.8 Å². The van der Waals surface area contributed by atoms with E-state index in [0.717, 1.165) is 23.6 Å². The Morgan fingerprint density at radius 1 is 1.33 bits per heavy atom.